The van der Waals surface area contributed by atoms with Crippen molar-refractivity contribution in [1.29, 1.82) is 0 Å². The number of aromatic nitrogens is 1. The number of pyridine rings is 1. The lowest BCUT2D eigenvalue weighted by Crippen LogP contribution is -2.30. The Labute approximate surface area is 165 Å². The van der Waals surface area contributed by atoms with Crippen LogP contribution in [0.15, 0.2) is 65.5 Å². The summed E-state index contributed by atoms with van der Waals surface area (Å²) >= 11 is 0. The molecule has 0 spiro atoms. The number of nitro groups is 1. The summed E-state index contributed by atoms with van der Waals surface area (Å²) in [5.74, 6) is -0.729. The van der Waals surface area contributed by atoms with Crippen LogP contribution in [0, 0.1) is 10.1 Å². The smallest absolute Gasteiger partial charge is 0.338 e. The average molecular weight is 395 g/mol. The number of ether oxygens (including phenoxy) is 1. The maximum absolute atomic E-state index is 13.2. The largest absolute Gasteiger partial charge is 0.467 e. The number of nitro benzene ring substituents is 1. The molecule has 0 bridgehead atoms. The molecule has 0 unspecified atom stereocenters. The standard InChI is InChI=1S/C20H17N3O6/c1-28-20(25)16-8-15(9-17(10-16)23(26)27)19(24)22(13-18-5-3-7-29-18)12-14-4-2-6-21-11-14/h2-11H,12-13H2,1H3. The van der Waals surface area contributed by atoms with Gasteiger partial charge in [0.15, 0.2) is 0 Å². The molecule has 0 aliphatic carbocycles. The molecule has 0 fully saturated rings. The summed E-state index contributed by atoms with van der Waals surface area (Å²) in [6, 6.07) is 10.4. The first-order valence-corrected chi connectivity index (χ1v) is 8.56. The summed E-state index contributed by atoms with van der Waals surface area (Å²) in [7, 11) is 1.16. The molecule has 2 heterocycles. The third-order valence-electron chi connectivity index (χ3n) is 4.11. The van der Waals surface area contributed by atoms with Crippen LogP contribution in [0.4, 0.5) is 5.69 Å². The highest BCUT2D eigenvalue weighted by Gasteiger charge is 2.23. The maximum atomic E-state index is 13.2. The highest BCUT2D eigenvalue weighted by molar-refractivity contribution is 5.99. The number of nitrogens with zero attached hydrogens (tertiary/aromatic N) is 3. The zero-order valence-corrected chi connectivity index (χ0v) is 15.5. The molecule has 0 aliphatic rings. The van der Waals surface area contributed by atoms with E-state index in [2.05, 4.69) is 9.72 Å². The van der Waals surface area contributed by atoms with Crippen LogP contribution in [0.3, 0.4) is 0 Å². The van der Waals surface area contributed by atoms with Crippen LogP contribution in [-0.2, 0) is 17.8 Å². The van der Waals surface area contributed by atoms with Crippen molar-refractivity contribution in [2.45, 2.75) is 13.1 Å². The molecule has 0 atom stereocenters. The van der Waals surface area contributed by atoms with Crippen molar-refractivity contribution in [1.82, 2.24) is 9.88 Å². The average Bonchev–Trinajstić information content (AvgIpc) is 3.25. The lowest BCUT2D eigenvalue weighted by atomic mass is 10.1. The summed E-state index contributed by atoms with van der Waals surface area (Å²) in [5, 5.41) is 11.3. The number of methoxy groups -OCH3 is 1. The molecule has 9 nitrogen and oxygen atoms in total. The zero-order chi connectivity index (χ0) is 20.8. The van der Waals surface area contributed by atoms with Crippen LogP contribution >= 0.6 is 0 Å². The van der Waals surface area contributed by atoms with E-state index in [1.807, 2.05) is 6.07 Å². The number of non-ortho nitro benzene ring substituents is 1. The van der Waals surface area contributed by atoms with Crippen LogP contribution in [0.5, 0.6) is 0 Å². The molecule has 3 rings (SSSR count). The minimum Gasteiger partial charge on any atom is -0.467 e. The lowest BCUT2D eigenvalue weighted by molar-refractivity contribution is -0.384. The fourth-order valence-electron chi connectivity index (χ4n) is 2.76. The predicted octanol–water partition coefficient (Wildman–Crippen LogP) is 3.21. The molecule has 3 aromatic rings. The quantitative estimate of drug-likeness (QED) is 0.343. The zero-order valence-electron chi connectivity index (χ0n) is 15.5. The van der Waals surface area contributed by atoms with Gasteiger partial charge in [-0.05, 0) is 29.8 Å². The number of rotatable bonds is 7. The van der Waals surface area contributed by atoms with Crippen LogP contribution in [0.2, 0.25) is 0 Å². The van der Waals surface area contributed by atoms with Gasteiger partial charge >= 0.3 is 5.97 Å². The molecular weight excluding hydrogens is 378 g/mol. The minimum absolute atomic E-state index is 0.00459. The fourth-order valence-corrected chi connectivity index (χ4v) is 2.76. The second kappa shape index (κ2) is 8.79. The number of benzene rings is 1. The van der Waals surface area contributed by atoms with Crippen LogP contribution in [0.1, 0.15) is 32.0 Å². The highest BCUT2D eigenvalue weighted by atomic mass is 16.6. The first-order chi connectivity index (χ1) is 14.0. The molecule has 0 aliphatic heterocycles. The van der Waals surface area contributed by atoms with E-state index in [-0.39, 0.29) is 29.9 Å². The van der Waals surface area contributed by atoms with Crippen molar-refractivity contribution in [3.8, 4) is 0 Å². The van der Waals surface area contributed by atoms with Crippen LogP contribution in [-0.4, -0.2) is 33.8 Å². The van der Waals surface area contributed by atoms with E-state index in [9.17, 15) is 19.7 Å². The second-order valence-electron chi connectivity index (χ2n) is 6.12. The van der Waals surface area contributed by atoms with Gasteiger partial charge in [-0.3, -0.25) is 19.9 Å². The van der Waals surface area contributed by atoms with Gasteiger partial charge in [-0.1, -0.05) is 6.07 Å². The van der Waals surface area contributed by atoms with Crippen molar-refractivity contribution >= 4 is 17.6 Å². The molecule has 0 radical (unpaired) electrons. The molecule has 1 amide bonds. The van der Waals surface area contributed by atoms with E-state index >= 15 is 0 Å². The van der Waals surface area contributed by atoms with Gasteiger partial charge in [-0.2, -0.15) is 0 Å². The molecule has 9 heteroatoms. The van der Waals surface area contributed by atoms with Crippen LogP contribution < -0.4 is 0 Å². The first kappa shape index (κ1) is 19.7. The van der Waals surface area contributed by atoms with Crippen LogP contribution in [0.25, 0.3) is 0 Å². The normalized spacial score (nSPS) is 10.4. The number of furan rings is 1. The number of carbonyl (C=O) groups excluding carboxylic acids is 2. The predicted molar refractivity (Wildman–Crippen MR) is 101 cm³/mol. The summed E-state index contributed by atoms with van der Waals surface area (Å²) in [4.78, 5) is 41.2. The van der Waals surface area contributed by atoms with E-state index in [1.54, 1.807) is 30.6 Å². The Morgan fingerprint density at radius 2 is 1.97 bits per heavy atom. The Balaban J connectivity index is 1.98. The number of hydrogen-bond donors (Lipinski definition) is 0. The Hall–Kier alpha value is -4.01. The van der Waals surface area contributed by atoms with Gasteiger partial charge in [0, 0.05) is 36.6 Å². The Morgan fingerprint density at radius 3 is 2.59 bits per heavy atom. The Bertz CT molecular complexity index is 1020. The van der Waals surface area contributed by atoms with Crippen molar-refractivity contribution < 1.29 is 23.7 Å². The van der Waals surface area contributed by atoms with Gasteiger partial charge in [0.1, 0.15) is 5.76 Å². The van der Waals surface area contributed by atoms with Gasteiger partial charge < -0.3 is 14.1 Å². The second-order valence-corrected chi connectivity index (χ2v) is 6.12. The van der Waals surface area contributed by atoms with Gasteiger partial charge in [0.2, 0.25) is 0 Å². The van der Waals surface area contributed by atoms with E-state index in [1.165, 1.54) is 17.2 Å². The summed E-state index contributed by atoms with van der Waals surface area (Å²) in [6.45, 7) is 0.334. The highest BCUT2D eigenvalue weighted by Crippen LogP contribution is 2.21. The minimum atomic E-state index is -0.771. The maximum Gasteiger partial charge on any atom is 0.338 e. The Kier molecular flexibility index (Phi) is 5.98. The van der Waals surface area contributed by atoms with Gasteiger partial charge in [0.05, 0.1) is 30.4 Å². The van der Waals surface area contributed by atoms with Crippen molar-refractivity contribution in [3.63, 3.8) is 0 Å². The third kappa shape index (κ3) is 4.83. The molecule has 0 saturated carbocycles. The molecule has 2 aromatic heterocycles. The molecular formula is C20H17N3O6. The SMILES string of the molecule is COC(=O)c1cc(C(=O)N(Cc2cccnc2)Cc2ccco2)cc([N+](=O)[O-])c1. The van der Waals surface area contributed by atoms with E-state index in [0.29, 0.717) is 5.76 Å². The number of amides is 1. The number of carbonyl (C=O) groups is 2. The molecule has 29 heavy (non-hydrogen) atoms. The van der Waals surface area contributed by atoms with Crippen molar-refractivity contribution in [2.24, 2.45) is 0 Å². The monoisotopic (exact) mass is 395 g/mol. The first-order valence-electron chi connectivity index (χ1n) is 8.56. The fraction of sp³-hybridized carbons (Fsp3) is 0.150. The van der Waals surface area contributed by atoms with E-state index in [4.69, 9.17) is 4.42 Å². The molecule has 1 aromatic carbocycles. The summed E-state index contributed by atoms with van der Waals surface area (Å²) < 4.78 is 9.97. The Morgan fingerprint density at radius 1 is 1.17 bits per heavy atom. The van der Waals surface area contributed by atoms with Crippen molar-refractivity contribution in [3.05, 3.63) is 93.7 Å². The topological polar surface area (TPSA) is 116 Å². The lowest BCUT2D eigenvalue weighted by Gasteiger charge is -2.22. The molecule has 0 saturated heterocycles. The van der Waals surface area contributed by atoms with E-state index in [0.717, 1.165) is 24.8 Å². The number of esters is 1. The summed E-state index contributed by atoms with van der Waals surface area (Å²) in [5.41, 5.74) is 0.307. The number of hydrogen-bond acceptors (Lipinski definition) is 7. The van der Waals surface area contributed by atoms with E-state index < -0.39 is 16.8 Å². The van der Waals surface area contributed by atoms with Gasteiger partial charge in [-0.15, -0.1) is 0 Å². The van der Waals surface area contributed by atoms with Gasteiger partial charge in [-0.25, -0.2) is 4.79 Å². The molecule has 148 valence electrons. The van der Waals surface area contributed by atoms with Crippen molar-refractivity contribution in [2.75, 3.05) is 7.11 Å². The third-order valence-corrected chi connectivity index (χ3v) is 4.11. The summed E-state index contributed by atoms with van der Waals surface area (Å²) in [6.07, 6.45) is 4.73. The van der Waals surface area contributed by atoms with Gasteiger partial charge in [0.25, 0.3) is 11.6 Å². The molecule has 0 N–H and O–H groups in total.